The van der Waals surface area contributed by atoms with Crippen molar-refractivity contribution in [2.24, 2.45) is 0 Å². The summed E-state index contributed by atoms with van der Waals surface area (Å²) >= 11 is 10.3. The zero-order valence-electron chi connectivity index (χ0n) is 9.22. The molecule has 0 N–H and O–H groups in total. The van der Waals surface area contributed by atoms with Gasteiger partial charge in [-0.15, -0.1) is 0 Å². The van der Waals surface area contributed by atoms with Crippen molar-refractivity contribution in [3.63, 3.8) is 0 Å². The fourth-order valence-corrected chi connectivity index (χ4v) is 1.88. The molecule has 0 fully saturated rings. The molecule has 1 heterocycles. The summed E-state index contributed by atoms with van der Waals surface area (Å²) in [6.45, 7) is 0. The molecule has 0 aliphatic rings. The highest BCUT2D eigenvalue weighted by Crippen LogP contribution is 2.29. The highest BCUT2D eigenvalue weighted by Gasteiger charge is 2.07. The lowest BCUT2D eigenvalue weighted by Gasteiger charge is -2.06. The smallest absolute Gasteiger partial charge is 0.138 e. The number of hydrogen-bond acceptors (Lipinski definition) is 4. The van der Waals surface area contributed by atoms with Gasteiger partial charge in [-0.05, 0) is 24.3 Å². The minimum Gasteiger partial charge on any atom is -0.497 e. The van der Waals surface area contributed by atoms with Crippen LogP contribution in [0.15, 0.2) is 30.5 Å². The molecule has 3 nitrogen and oxygen atoms in total. The number of aromatic nitrogens is 2. The standard InChI is InChI=1S/C12H11ClN2OS/c1-16-8-2-3-9(10(13)6-8)11-4-5-14-12(7-17)15-11/h2-6,17H,7H2,1H3. The van der Waals surface area contributed by atoms with E-state index >= 15 is 0 Å². The molecule has 0 bridgehead atoms. The third-order valence-corrected chi connectivity index (χ3v) is 2.89. The molecule has 2 rings (SSSR count). The molecule has 0 aliphatic heterocycles. The van der Waals surface area contributed by atoms with Gasteiger partial charge in [0.2, 0.25) is 0 Å². The second-order valence-corrected chi connectivity index (χ2v) is 4.09. The van der Waals surface area contributed by atoms with Gasteiger partial charge in [-0.2, -0.15) is 12.6 Å². The Labute approximate surface area is 110 Å². The highest BCUT2D eigenvalue weighted by atomic mass is 35.5. The van der Waals surface area contributed by atoms with Crippen molar-refractivity contribution < 1.29 is 4.74 Å². The first-order chi connectivity index (χ1) is 8.24. The number of thiol groups is 1. The van der Waals surface area contributed by atoms with E-state index in [1.165, 1.54) is 0 Å². The van der Waals surface area contributed by atoms with Crippen LogP contribution in [0.4, 0.5) is 0 Å². The van der Waals surface area contributed by atoms with E-state index in [-0.39, 0.29) is 0 Å². The van der Waals surface area contributed by atoms with Crippen LogP contribution >= 0.6 is 24.2 Å². The molecule has 0 spiro atoms. The van der Waals surface area contributed by atoms with Gasteiger partial charge in [0.15, 0.2) is 0 Å². The van der Waals surface area contributed by atoms with Gasteiger partial charge in [0.05, 0.1) is 23.6 Å². The summed E-state index contributed by atoms with van der Waals surface area (Å²) in [4.78, 5) is 8.46. The van der Waals surface area contributed by atoms with Crippen LogP contribution in [0.3, 0.4) is 0 Å². The number of benzene rings is 1. The number of ether oxygens (including phenoxy) is 1. The van der Waals surface area contributed by atoms with Gasteiger partial charge in [0.25, 0.3) is 0 Å². The Hall–Kier alpha value is -1.26. The molecule has 17 heavy (non-hydrogen) atoms. The van der Waals surface area contributed by atoms with E-state index < -0.39 is 0 Å². The topological polar surface area (TPSA) is 35.0 Å². The summed E-state index contributed by atoms with van der Waals surface area (Å²) in [6, 6.07) is 7.31. The maximum atomic E-state index is 6.18. The van der Waals surface area contributed by atoms with Crippen molar-refractivity contribution in [1.29, 1.82) is 0 Å². The predicted molar refractivity (Wildman–Crippen MR) is 71.7 cm³/mol. The number of hydrogen-bond donors (Lipinski definition) is 1. The molecule has 2 aromatic rings. The molecule has 0 unspecified atom stereocenters. The fourth-order valence-electron chi connectivity index (χ4n) is 1.46. The van der Waals surface area contributed by atoms with Gasteiger partial charge < -0.3 is 4.74 Å². The molecule has 0 saturated carbocycles. The maximum Gasteiger partial charge on any atom is 0.138 e. The normalized spacial score (nSPS) is 10.3. The summed E-state index contributed by atoms with van der Waals surface area (Å²) in [5, 5.41) is 0.605. The van der Waals surface area contributed by atoms with E-state index in [2.05, 4.69) is 22.6 Å². The number of methoxy groups -OCH3 is 1. The maximum absolute atomic E-state index is 6.18. The molecule has 0 atom stereocenters. The van der Waals surface area contributed by atoms with E-state index in [9.17, 15) is 0 Å². The molecular weight excluding hydrogens is 256 g/mol. The van der Waals surface area contributed by atoms with Crippen LogP contribution in [0.1, 0.15) is 5.82 Å². The van der Waals surface area contributed by atoms with Crippen LogP contribution in [-0.4, -0.2) is 17.1 Å². The summed E-state index contributed by atoms with van der Waals surface area (Å²) in [6.07, 6.45) is 1.70. The lowest BCUT2D eigenvalue weighted by molar-refractivity contribution is 0.415. The van der Waals surface area contributed by atoms with E-state index in [0.717, 1.165) is 17.0 Å². The Morgan fingerprint density at radius 1 is 1.35 bits per heavy atom. The molecule has 1 aromatic carbocycles. The van der Waals surface area contributed by atoms with Gasteiger partial charge in [0, 0.05) is 11.8 Å². The zero-order valence-corrected chi connectivity index (χ0v) is 10.9. The van der Waals surface area contributed by atoms with E-state index in [1.54, 1.807) is 19.4 Å². The predicted octanol–water partition coefficient (Wildman–Crippen LogP) is 3.24. The Balaban J connectivity index is 2.45. The Morgan fingerprint density at radius 3 is 2.82 bits per heavy atom. The van der Waals surface area contributed by atoms with Crippen molar-refractivity contribution in [3.8, 4) is 17.0 Å². The van der Waals surface area contributed by atoms with Gasteiger partial charge in [-0.3, -0.25) is 0 Å². The Kier molecular flexibility index (Phi) is 3.86. The van der Waals surface area contributed by atoms with Crippen molar-refractivity contribution >= 4 is 24.2 Å². The van der Waals surface area contributed by atoms with Crippen LogP contribution in [0.2, 0.25) is 5.02 Å². The largest absolute Gasteiger partial charge is 0.497 e. The summed E-state index contributed by atoms with van der Waals surface area (Å²) in [7, 11) is 1.61. The number of halogens is 1. The summed E-state index contributed by atoms with van der Waals surface area (Å²) < 4.78 is 5.10. The van der Waals surface area contributed by atoms with Gasteiger partial charge in [0.1, 0.15) is 11.6 Å². The fraction of sp³-hybridized carbons (Fsp3) is 0.167. The Morgan fingerprint density at radius 2 is 2.18 bits per heavy atom. The molecule has 0 aliphatic carbocycles. The molecule has 0 saturated heterocycles. The van der Waals surface area contributed by atoms with Crippen LogP contribution in [0, 0.1) is 0 Å². The van der Waals surface area contributed by atoms with Crippen molar-refractivity contribution in [1.82, 2.24) is 9.97 Å². The van der Waals surface area contributed by atoms with Crippen LogP contribution in [0.5, 0.6) is 5.75 Å². The first-order valence-electron chi connectivity index (χ1n) is 5.01. The second kappa shape index (κ2) is 5.38. The van der Waals surface area contributed by atoms with Gasteiger partial charge in [-0.25, -0.2) is 9.97 Å². The molecular formula is C12H11ClN2OS. The molecule has 0 radical (unpaired) electrons. The van der Waals surface area contributed by atoms with Crippen LogP contribution in [-0.2, 0) is 5.75 Å². The molecule has 0 amide bonds. The van der Waals surface area contributed by atoms with Crippen molar-refractivity contribution in [2.45, 2.75) is 5.75 Å². The summed E-state index contributed by atoms with van der Waals surface area (Å²) in [5.41, 5.74) is 1.65. The average Bonchev–Trinajstić information content (AvgIpc) is 2.38. The van der Waals surface area contributed by atoms with E-state index in [0.29, 0.717) is 16.6 Å². The van der Waals surface area contributed by atoms with Crippen molar-refractivity contribution in [2.75, 3.05) is 7.11 Å². The zero-order chi connectivity index (χ0) is 12.3. The quantitative estimate of drug-likeness (QED) is 0.867. The minimum absolute atomic E-state index is 0.502. The lowest BCUT2D eigenvalue weighted by atomic mass is 10.1. The summed E-state index contributed by atoms with van der Waals surface area (Å²) in [5.74, 6) is 1.90. The first kappa shape index (κ1) is 12.2. The van der Waals surface area contributed by atoms with Crippen LogP contribution in [0.25, 0.3) is 11.3 Å². The van der Waals surface area contributed by atoms with E-state index in [4.69, 9.17) is 16.3 Å². The third kappa shape index (κ3) is 2.70. The third-order valence-electron chi connectivity index (χ3n) is 2.30. The molecule has 5 heteroatoms. The second-order valence-electron chi connectivity index (χ2n) is 3.36. The number of rotatable bonds is 3. The first-order valence-corrected chi connectivity index (χ1v) is 6.02. The molecule has 88 valence electrons. The Bertz CT molecular complexity index is 534. The van der Waals surface area contributed by atoms with Crippen LogP contribution < -0.4 is 4.74 Å². The minimum atomic E-state index is 0.502. The van der Waals surface area contributed by atoms with Crippen molar-refractivity contribution in [3.05, 3.63) is 41.3 Å². The SMILES string of the molecule is COc1ccc(-c2ccnc(CS)n2)c(Cl)c1. The lowest BCUT2D eigenvalue weighted by Crippen LogP contribution is -1.93. The average molecular weight is 267 g/mol. The number of nitrogens with zero attached hydrogens (tertiary/aromatic N) is 2. The highest BCUT2D eigenvalue weighted by molar-refractivity contribution is 7.79. The van der Waals surface area contributed by atoms with Gasteiger partial charge >= 0.3 is 0 Å². The molecule has 1 aromatic heterocycles. The monoisotopic (exact) mass is 266 g/mol. The van der Waals surface area contributed by atoms with Gasteiger partial charge in [-0.1, -0.05) is 11.6 Å². The van der Waals surface area contributed by atoms with E-state index in [1.807, 2.05) is 18.2 Å².